The molecular weight excluding hydrogens is 404 g/mol. The van der Waals surface area contributed by atoms with Gasteiger partial charge in [0.1, 0.15) is 5.70 Å². The molecule has 0 radical (unpaired) electrons. The highest BCUT2D eigenvalue weighted by atomic mass is 16.5. The molecule has 6 heteroatoms. The van der Waals surface area contributed by atoms with E-state index < -0.39 is 0 Å². The van der Waals surface area contributed by atoms with E-state index in [2.05, 4.69) is 18.7 Å². The number of hydrogen-bond acceptors (Lipinski definition) is 5. The van der Waals surface area contributed by atoms with E-state index in [4.69, 9.17) is 9.47 Å². The molecule has 2 unspecified atom stereocenters. The average Bonchev–Trinajstić information content (AvgIpc) is 3.03. The lowest BCUT2D eigenvalue weighted by Gasteiger charge is -2.37. The fourth-order valence-corrected chi connectivity index (χ4v) is 4.87. The lowest BCUT2D eigenvalue weighted by Crippen LogP contribution is -2.41. The summed E-state index contributed by atoms with van der Waals surface area (Å²) in [6.45, 7) is 6.14. The molecule has 2 aliphatic rings. The number of likely N-dealkylation sites (tertiary alicyclic amines) is 1. The van der Waals surface area contributed by atoms with Crippen LogP contribution in [0.15, 0.2) is 54.2 Å². The van der Waals surface area contributed by atoms with Crippen molar-refractivity contribution in [3.63, 3.8) is 0 Å². The molecule has 0 spiro atoms. The molecular formula is C26H30N2O4. The van der Waals surface area contributed by atoms with Gasteiger partial charge in [-0.2, -0.15) is 0 Å². The molecule has 4 rings (SSSR count). The van der Waals surface area contributed by atoms with Crippen LogP contribution < -0.4 is 9.47 Å². The monoisotopic (exact) mass is 434 g/mol. The normalized spacial score (nSPS) is 21.4. The van der Waals surface area contributed by atoms with Crippen LogP contribution in [0.4, 0.5) is 0 Å². The fourth-order valence-electron chi connectivity index (χ4n) is 4.87. The van der Waals surface area contributed by atoms with Crippen molar-refractivity contribution in [1.82, 2.24) is 9.80 Å². The summed E-state index contributed by atoms with van der Waals surface area (Å²) in [6.07, 6.45) is 1.13. The predicted molar refractivity (Wildman–Crippen MR) is 123 cm³/mol. The molecule has 2 heterocycles. The first kappa shape index (κ1) is 21.9. The third kappa shape index (κ3) is 4.09. The van der Waals surface area contributed by atoms with Crippen LogP contribution in [-0.2, 0) is 16.1 Å². The number of piperidine rings is 1. The molecule has 0 bridgehead atoms. The Morgan fingerprint density at radius 3 is 2.16 bits per heavy atom. The van der Waals surface area contributed by atoms with Crippen LogP contribution >= 0.6 is 0 Å². The van der Waals surface area contributed by atoms with Crippen LogP contribution in [0.5, 0.6) is 11.5 Å². The number of carbonyl (C=O) groups is 2. The van der Waals surface area contributed by atoms with Crippen molar-refractivity contribution in [1.29, 1.82) is 0 Å². The largest absolute Gasteiger partial charge is 0.493 e. The van der Waals surface area contributed by atoms with Gasteiger partial charge in [0.2, 0.25) is 0 Å². The highest BCUT2D eigenvalue weighted by Crippen LogP contribution is 2.36. The van der Waals surface area contributed by atoms with Gasteiger partial charge in [-0.1, -0.05) is 50.2 Å². The highest BCUT2D eigenvalue weighted by Gasteiger charge is 2.42. The Bertz CT molecular complexity index is 1040. The first-order valence-corrected chi connectivity index (χ1v) is 11.0. The second-order valence-corrected chi connectivity index (χ2v) is 8.83. The summed E-state index contributed by atoms with van der Waals surface area (Å²) in [6, 6.07) is 15.0. The summed E-state index contributed by atoms with van der Waals surface area (Å²) in [4.78, 5) is 30.7. The van der Waals surface area contributed by atoms with E-state index >= 15 is 0 Å². The number of benzene rings is 2. The van der Waals surface area contributed by atoms with Crippen LogP contribution in [0.25, 0.3) is 5.57 Å². The Balaban J connectivity index is 1.71. The van der Waals surface area contributed by atoms with Crippen LogP contribution in [-0.4, -0.2) is 48.9 Å². The topological polar surface area (TPSA) is 59.1 Å². The highest BCUT2D eigenvalue weighted by molar-refractivity contribution is 6.35. The summed E-state index contributed by atoms with van der Waals surface area (Å²) in [5.41, 5.74) is 2.61. The van der Waals surface area contributed by atoms with E-state index in [-0.39, 0.29) is 18.4 Å². The maximum absolute atomic E-state index is 13.6. The zero-order valence-electron chi connectivity index (χ0n) is 19.1. The van der Waals surface area contributed by atoms with Crippen LogP contribution in [0, 0.1) is 11.8 Å². The third-order valence-electron chi connectivity index (χ3n) is 6.18. The molecule has 0 aromatic heterocycles. The molecule has 168 valence electrons. The number of ether oxygens (including phenoxy) is 2. The van der Waals surface area contributed by atoms with Crippen molar-refractivity contribution in [3.8, 4) is 11.5 Å². The van der Waals surface area contributed by atoms with Gasteiger partial charge < -0.3 is 14.4 Å². The van der Waals surface area contributed by atoms with Gasteiger partial charge in [0.25, 0.3) is 11.8 Å². The van der Waals surface area contributed by atoms with Gasteiger partial charge in [0.15, 0.2) is 11.5 Å². The summed E-state index contributed by atoms with van der Waals surface area (Å²) < 4.78 is 10.7. The minimum Gasteiger partial charge on any atom is -0.493 e. The lowest BCUT2D eigenvalue weighted by atomic mass is 9.91. The Kier molecular flexibility index (Phi) is 6.21. The number of hydrogen-bond donors (Lipinski definition) is 0. The first-order valence-electron chi connectivity index (χ1n) is 11.0. The molecule has 6 nitrogen and oxygen atoms in total. The minimum atomic E-state index is -0.253. The predicted octanol–water partition coefficient (Wildman–Crippen LogP) is 3.96. The summed E-state index contributed by atoms with van der Waals surface area (Å²) in [5.74, 6) is 1.62. The lowest BCUT2D eigenvalue weighted by molar-refractivity contribution is -0.138. The smallest absolute Gasteiger partial charge is 0.278 e. The quantitative estimate of drug-likeness (QED) is 0.644. The Morgan fingerprint density at radius 2 is 1.53 bits per heavy atom. The van der Waals surface area contributed by atoms with E-state index in [9.17, 15) is 9.59 Å². The van der Waals surface area contributed by atoms with E-state index in [0.717, 1.165) is 30.6 Å². The molecule has 32 heavy (non-hydrogen) atoms. The van der Waals surface area contributed by atoms with Gasteiger partial charge in [0.05, 0.1) is 26.3 Å². The number of amides is 2. The van der Waals surface area contributed by atoms with Gasteiger partial charge in [-0.25, -0.2) is 0 Å². The second kappa shape index (κ2) is 9.07. The number of rotatable bonds is 6. The molecule has 1 fully saturated rings. The fraction of sp³-hybridized carbons (Fsp3) is 0.385. The molecule has 2 atom stereocenters. The van der Waals surface area contributed by atoms with Crippen molar-refractivity contribution in [2.24, 2.45) is 11.8 Å². The molecule has 0 saturated carbocycles. The second-order valence-electron chi connectivity index (χ2n) is 8.83. The number of carbonyl (C=O) groups excluding carboxylic acids is 2. The molecule has 1 saturated heterocycles. The van der Waals surface area contributed by atoms with E-state index in [1.807, 2.05) is 42.5 Å². The maximum Gasteiger partial charge on any atom is 0.278 e. The molecule has 0 aliphatic carbocycles. The SMILES string of the molecule is COc1ccc(CN2C(=O)C(c3ccccc3)=C(N3CC(C)CC(C)C3)C2=O)cc1OC. The molecule has 2 aliphatic heterocycles. The zero-order chi connectivity index (χ0) is 22.8. The van der Waals surface area contributed by atoms with Gasteiger partial charge in [-0.15, -0.1) is 0 Å². The number of imide groups is 1. The molecule has 2 aromatic carbocycles. The Labute approximate surface area is 189 Å². The zero-order valence-corrected chi connectivity index (χ0v) is 19.1. The minimum absolute atomic E-state index is 0.177. The van der Waals surface area contributed by atoms with Gasteiger partial charge in [0, 0.05) is 13.1 Å². The van der Waals surface area contributed by atoms with Gasteiger partial charge >= 0.3 is 0 Å². The molecule has 2 aromatic rings. The van der Waals surface area contributed by atoms with Crippen molar-refractivity contribution < 1.29 is 19.1 Å². The summed E-state index contributed by atoms with van der Waals surface area (Å²) in [7, 11) is 3.15. The van der Waals surface area contributed by atoms with E-state index in [1.54, 1.807) is 20.3 Å². The van der Waals surface area contributed by atoms with Crippen molar-refractivity contribution >= 4 is 17.4 Å². The summed E-state index contributed by atoms with van der Waals surface area (Å²) >= 11 is 0. The Hall–Kier alpha value is -3.28. The summed E-state index contributed by atoms with van der Waals surface area (Å²) in [5, 5.41) is 0. The van der Waals surface area contributed by atoms with E-state index in [0.29, 0.717) is 34.6 Å². The maximum atomic E-state index is 13.6. The van der Waals surface area contributed by atoms with Crippen molar-refractivity contribution in [2.45, 2.75) is 26.8 Å². The average molecular weight is 435 g/mol. The Morgan fingerprint density at radius 1 is 0.875 bits per heavy atom. The number of nitrogens with zero attached hydrogens (tertiary/aromatic N) is 2. The van der Waals surface area contributed by atoms with Gasteiger partial charge in [-0.3, -0.25) is 14.5 Å². The standard InChI is InChI=1S/C26H30N2O4/c1-17-12-18(2)15-27(14-17)24-23(20-8-6-5-7-9-20)25(29)28(26(24)30)16-19-10-11-21(31-3)22(13-19)32-4/h5-11,13,17-18H,12,14-16H2,1-4H3. The first-order chi connectivity index (χ1) is 15.4. The van der Waals surface area contributed by atoms with Crippen LogP contribution in [0.3, 0.4) is 0 Å². The van der Waals surface area contributed by atoms with Gasteiger partial charge in [-0.05, 0) is 41.5 Å². The van der Waals surface area contributed by atoms with Crippen LogP contribution in [0.2, 0.25) is 0 Å². The van der Waals surface area contributed by atoms with Crippen LogP contribution in [0.1, 0.15) is 31.4 Å². The van der Waals surface area contributed by atoms with Crippen molar-refractivity contribution in [2.75, 3.05) is 27.3 Å². The van der Waals surface area contributed by atoms with Crippen molar-refractivity contribution in [3.05, 3.63) is 65.4 Å². The molecule has 0 N–H and O–H groups in total. The van der Waals surface area contributed by atoms with E-state index in [1.165, 1.54) is 4.90 Å². The third-order valence-corrected chi connectivity index (χ3v) is 6.18. The number of methoxy groups -OCH3 is 2. The molecule has 2 amide bonds.